The van der Waals surface area contributed by atoms with E-state index in [4.69, 9.17) is 14.2 Å². The van der Waals surface area contributed by atoms with Crippen LogP contribution in [0.15, 0.2) is 109 Å². The lowest BCUT2D eigenvalue weighted by Crippen LogP contribution is -2.61. The minimum atomic E-state index is -1.62. The van der Waals surface area contributed by atoms with E-state index in [2.05, 4.69) is 123 Å². The summed E-state index contributed by atoms with van der Waals surface area (Å²) < 4.78 is 17.7. The molecule has 1 aliphatic rings. The van der Waals surface area contributed by atoms with Crippen LogP contribution in [0.25, 0.3) is 0 Å². The summed E-state index contributed by atoms with van der Waals surface area (Å²) in [5.41, 5.74) is 0. The number of unbranched alkanes of at least 4 members (excludes halogenated alkanes) is 28. The smallest absolute Gasteiger partial charge is 0.306 e. The molecule has 0 bridgehead atoms. The molecule has 0 radical (unpaired) electrons. The fourth-order valence-electron chi connectivity index (χ4n) is 10.2. The van der Waals surface area contributed by atoms with Crippen molar-refractivity contribution in [3.8, 4) is 0 Å². The highest BCUT2D eigenvalue weighted by Crippen LogP contribution is 2.26. The van der Waals surface area contributed by atoms with Gasteiger partial charge in [0.05, 0.1) is 25.4 Å². The van der Waals surface area contributed by atoms with Crippen LogP contribution < -0.4 is 5.32 Å². The minimum absolute atomic E-state index is 0.112. The average molecular weight is 1190 g/mol. The summed E-state index contributed by atoms with van der Waals surface area (Å²) in [4.78, 5) is 26.7. The van der Waals surface area contributed by atoms with Crippen molar-refractivity contribution in [2.45, 2.75) is 333 Å². The van der Waals surface area contributed by atoms with Gasteiger partial charge >= 0.3 is 5.97 Å². The van der Waals surface area contributed by atoms with Gasteiger partial charge < -0.3 is 45.1 Å². The number of aliphatic hydroxyl groups excluding tert-OH is 5. The summed E-state index contributed by atoms with van der Waals surface area (Å²) >= 11 is 0. The van der Waals surface area contributed by atoms with Crippen molar-refractivity contribution < 1.29 is 49.3 Å². The molecule has 0 spiro atoms. The Hall–Kier alpha value is -3.68. The Kier molecular flexibility index (Phi) is 56.6. The van der Waals surface area contributed by atoms with Crippen LogP contribution in [-0.4, -0.2) is 99.6 Å². The first-order valence-electron chi connectivity index (χ1n) is 34.7. The first-order valence-corrected chi connectivity index (χ1v) is 34.7. The number of hydrogen-bond donors (Lipinski definition) is 6. The van der Waals surface area contributed by atoms with Crippen molar-refractivity contribution in [3.63, 3.8) is 0 Å². The van der Waals surface area contributed by atoms with Crippen LogP contribution in [0.2, 0.25) is 0 Å². The summed E-state index contributed by atoms with van der Waals surface area (Å²) in [6.07, 6.45) is 72.5. The number of esters is 1. The number of amides is 1. The monoisotopic (exact) mass is 1190 g/mol. The first kappa shape index (κ1) is 79.3. The Morgan fingerprint density at radius 1 is 0.471 bits per heavy atom. The van der Waals surface area contributed by atoms with E-state index in [1.165, 1.54) is 109 Å². The number of ether oxygens (including phenoxy) is 3. The molecule has 11 heteroatoms. The fraction of sp³-hybridized carbons (Fsp3) is 0.730. The standard InChI is InChI=1S/C74H127NO10/c1-4-7-10-13-16-19-22-25-27-29-31-32-33-34-35-37-38-40-43-46-49-52-55-58-61-67(78)73(82)75-65(66(77)60-57-54-51-48-45-42-24-21-18-15-12-9-6-3)64-83-74-72(71(81)70(80)68(63-76)84-74)85-69(79)62-59-56-53-50-47-44-41-39-36-30-28-26-23-20-17-14-11-8-5-2/h7,10,16-17,19-20,25-28,31-32,34-35,38,40,57,60,65-68,70-72,74,76-78,80-81H,4-6,8-9,11-15,18,21-24,29-30,33,36-37,39,41-56,58-59,61-64H2,1-3H3,(H,75,82)/b10-7-,19-16-,20-17-,27-25-,28-26-,32-31-,35-34-,40-38-,60-57+. The summed E-state index contributed by atoms with van der Waals surface area (Å²) in [7, 11) is 0. The van der Waals surface area contributed by atoms with Crippen molar-refractivity contribution in [2.75, 3.05) is 13.2 Å². The fourth-order valence-corrected chi connectivity index (χ4v) is 10.2. The molecular weight excluding hydrogens is 1060 g/mol. The van der Waals surface area contributed by atoms with Gasteiger partial charge in [-0.3, -0.25) is 9.59 Å². The molecule has 1 saturated heterocycles. The summed E-state index contributed by atoms with van der Waals surface area (Å²) in [6, 6.07) is -1.04. The Bertz CT molecular complexity index is 1800. The number of allylic oxidation sites excluding steroid dienone is 17. The van der Waals surface area contributed by atoms with Gasteiger partial charge in [0.25, 0.3) is 0 Å². The minimum Gasteiger partial charge on any atom is -0.454 e. The predicted molar refractivity (Wildman–Crippen MR) is 356 cm³/mol. The van der Waals surface area contributed by atoms with Crippen LogP contribution in [0.3, 0.4) is 0 Å². The zero-order valence-corrected chi connectivity index (χ0v) is 54.2. The highest BCUT2D eigenvalue weighted by molar-refractivity contribution is 5.80. The number of nitrogens with one attached hydrogen (secondary N) is 1. The molecule has 1 heterocycles. The topological polar surface area (TPSA) is 175 Å². The molecule has 0 aromatic heterocycles. The number of carbonyl (C=O) groups is 2. The molecule has 6 N–H and O–H groups in total. The van der Waals surface area contributed by atoms with Crippen LogP contribution in [0.1, 0.15) is 284 Å². The van der Waals surface area contributed by atoms with E-state index in [1.807, 2.05) is 6.08 Å². The zero-order valence-electron chi connectivity index (χ0n) is 54.2. The molecule has 1 fully saturated rings. The lowest BCUT2D eigenvalue weighted by atomic mass is 9.99. The maximum atomic E-state index is 13.5. The summed E-state index contributed by atoms with van der Waals surface area (Å²) in [5.74, 6) is -1.22. The molecule has 488 valence electrons. The van der Waals surface area contributed by atoms with Gasteiger partial charge in [-0.05, 0) is 109 Å². The van der Waals surface area contributed by atoms with Crippen LogP contribution in [0.5, 0.6) is 0 Å². The molecule has 8 atom stereocenters. The van der Waals surface area contributed by atoms with E-state index < -0.39 is 67.4 Å². The summed E-state index contributed by atoms with van der Waals surface area (Å²) in [5, 5.41) is 57.2. The second kappa shape index (κ2) is 60.6. The number of hydrogen-bond acceptors (Lipinski definition) is 10. The van der Waals surface area contributed by atoms with Crippen molar-refractivity contribution >= 4 is 11.9 Å². The largest absolute Gasteiger partial charge is 0.454 e. The molecule has 0 aromatic carbocycles. The highest BCUT2D eigenvalue weighted by Gasteiger charge is 2.47. The van der Waals surface area contributed by atoms with Gasteiger partial charge in [-0.2, -0.15) is 0 Å². The molecule has 1 rings (SSSR count). The Morgan fingerprint density at radius 2 is 0.847 bits per heavy atom. The van der Waals surface area contributed by atoms with Gasteiger partial charge in [0.2, 0.25) is 5.91 Å². The van der Waals surface area contributed by atoms with Crippen LogP contribution in [-0.2, 0) is 23.8 Å². The normalized spacial score (nSPS) is 19.1. The van der Waals surface area contributed by atoms with Crippen molar-refractivity contribution in [1.82, 2.24) is 5.32 Å². The Morgan fingerprint density at radius 3 is 1.29 bits per heavy atom. The zero-order chi connectivity index (χ0) is 61.7. The van der Waals surface area contributed by atoms with Crippen LogP contribution in [0.4, 0.5) is 0 Å². The van der Waals surface area contributed by atoms with E-state index in [0.717, 1.165) is 128 Å². The van der Waals surface area contributed by atoms with Crippen molar-refractivity contribution in [3.05, 3.63) is 109 Å². The van der Waals surface area contributed by atoms with Crippen molar-refractivity contribution in [1.29, 1.82) is 0 Å². The Labute approximate surface area is 519 Å². The summed E-state index contributed by atoms with van der Waals surface area (Å²) in [6.45, 7) is 5.66. The maximum Gasteiger partial charge on any atom is 0.306 e. The maximum absolute atomic E-state index is 13.5. The van der Waals surface area contributed by atoms with E-state index in [0.29, 0.717) is 12.8 Å². The van der Waals surface area contributed by atoms with Crippen LogP contribution in [0, 0.1) is 0 Å². The van der Waals surface area contributed by atoms with Crippen LogP contribution >= 0.6 is 0 Å². The molecule has 1 amide bonds. The third kappa shape index (κ3) is 48.0. The van der Waals surface area contributed by atoms with E-state index >= 15 is 0 Å². The van der Waals surface area contributed by atoms with Gasteiger partial charge in [0.15, 0.2) is 12.4 Å². The highest BCUT2D eigenvalue weighted by atomic mass is 16.7. The molecule has 1 aliphatic heterocycles. The molecule has 85 heavy (non-hydrogen) atoms. The number of carbonyl (C=O) groups excluding carboxylic acids is 2. The molecule has 11 nitrogen and oxygen atoms in total. The van der Waals surface area contributed by atoms with Gasteiger partial charge in [0, 0.05) is 6.42 Å². The third-order valence-corrected chi connectivity index (χ3v) is 15.7. The van der Waals surface area contributed by atoms with Gasteiger partial charge in [-0.1, -0.05) is 278 Å². The van der Waals surface area contributed by atoms with Gasteiger partial charge in [-0.15, -0.1) is 0 Å². The predicted octanol–water partition coefficient (Wildman–Crippen LogP) is 17.6. The molecule has 8 unspecified atom stereocenters. The van der Waals surface area contributed by atoms with E-state index in [9.17, 15) is 35.1 Å². The van der Waals surface area contributed by atoms with Gasteiger partial charge in [-0.25, -0.2) is 0 Å². The molecule has 0 saturated carbocycles. The third-order valence-electron chi connectivity index (χ3n) is 15.7. The average Bonchev–Trinajstić information content (AvgIpc) is 3.17. The SMILES string of the molecule is CC/C=C\C/C=C\C/C=C\C/C=C\C/C=C\C/C=C\CCCCCCCC(O)C(=O)NC(COC1OC(CO)C(O)C(O)C1OC(=O)CCCCCCCCCCC/C=C\C/C=C\CCCCC)C(O)/C=C/CCCCCCCCCCCCC. The Balaban J connectivity index is 2.64. The number of rotatable bonds is 58. The molecule has 0 aromatic rings. The lowest BCUT2D eigenvalue weighted by molar-refractivity contribution is -0.305. The quantitative estimate of drug-likeness (QED) is 0.0195. The lowest BCUT2D eigenvalue weighted by Gasteiger charge is -2.41. The van der Waals surface area contributed by atoms with E-state index in [1.54, 1.807) is 6.08 Å². The second-order valence-electron chi connectivity index (χ2n) is 23.5. The number of aliphatic hydroxyl groups is 5. The second-order valence-corrected chi connectivity index (χ2v) is 23.5. The first-order chi connectivity index (χ1) is 41.7. The van der Waals surface area contributed by atoms with E-state index in [-0.39, 0.29) is 19.4 Å². The van der Waals surface area contributed by atoms with Crippen molar-refractivity contribution in [2.24, 2.45) is 0 Å². The molecular formula is C74H127NO10. The molecule has 0 aliphatic carbocycles. The van der Waals surface area contributed by atoms with Gasteiger partial charge in [0.1, 0.15) is 24.4 Å².